The average molecular weight is 269 g/mol. The van der Waals surface area contributed by atoms with Crippen LogP contribution >= 0.6 is 0 Å². The Balaban J connectivity index is 2.04. The van der Waals surface area contributed by atoms with E-state index in [9.17, 15) is 9.90 Å². The van der Waals surface area contributed by atoms with Crippen molar-refractivity contribution in [3.8, 4) is 0 Å². The maximum Gasteiger partial charge on any atom is 0.341 e. The molecule has 6 nitrogen and oxygen atoms in total. The van der Waals surface area contributed by atoms with Crippen molar-refractivity contribution in [3.05, 3.63) is 23.7 Å². The van der Waals surface area contributed by atoms with Gasteiger partial charge in [-0.1, -0.05) is 0 Å². The van der Waals surface area contributed by atoms with E-state index in [0.717, 1.165) is 6.54 Å². The molecule has 2 unspecified atom stereocenters. The lowest BCUT2D eigenvalue weighted by molar-refractivity contribution is -0.0983. The summed E-state index contributed by atoms with van der Waals surface area (Å²) in [6, 6.07) is 1.61. The van der Waals surface area contributed by atoms with Gasteiger partial charge in [-0.25, -0.2) is 4.79 Å². The fourth-order valence-corrected chi connectivity index (χ4v) is 2.33. The van der Waals surface area contributed by atoms with Crippen molar-refractivity contribution < 1.29 is 23.8 Å². The lowest BCUT2D eigenvalue weighted by Crippen LogP contribution is -2.47. The minimum Gasteiger partial charge on any atom is -0.467 e. The van der Waals surface area contributed by atoms with E-state index in [4.69, 9.17) is 13.9 Å². The van der Waals surface area contributed by atoms with Crippen LogP contribution in [0.1, 0.15) is 23.0 Å². The summed E-state index contributed by atoms with van der Waals surface area (Å²) in [5.74, 6) is 0.182. The summed E-state index contributed by atoms with van der Waals surface area (Å²) < 4.78 is 15.6. The van der Waals surface area contributed by atoms with Gasteiger partial charge in [-0.3, -0.25) is 4.90 Å². The number of esters is 1. The molecule has 2 atom stereocenters. The summed E-state index contributed by atoms with van der Waals surface area (Å²) in [5.41, 5.74) is 0.446. The van der Waals surface area contributed by atoms with Crippen molar-refractivity contribution in [2.75, 3.05) is 26.8 Å². The van der Waals surface area contributed by atoms with Crippen LogP contribution in [0.2, 0.25) is 0 Å². The van der Waals surface area contributed by atoms with Crippen LogP contribution in [0.3, 0.4) is 0 Å². The summed E-state index contributed by atoms with van der Waals surface area (Å²) in [6.07, 6.45) is 1.33. The molecule has 0 spiro atoms. The summed E-state index contributed by atoms with van der Waals surface area (Å²) in [4.78, 5) is 13.7. The lowest BCUT2D eigenvalue weighted by atomic mass is 10.2. The second-order valence-corrected chi connectivity index (χ2v) is 4.69. The molecule has 19 heavy (non-hydrogen) atoms. The van der Waals surface area contributed by atoms with Gasteiger partial charge in [0.2, 0.25) is 0 Å². The van der Waals surface area contributed by atoms with Crippen molar-refractivity contribution >= 4 is 5.97 Å². The Morgan fingerprint density at radius 3 is 3.05 bits per heavy atom. The van der Waals surface area contributed by atoms with Gasteiger partial charge in [0, 0.05) is 13.1 Å². The van der Waals surface area contributed by atoms with Gasteiger partial charge in [0.05, 0.1) is 38.7 Å². The molecule has 2 heterocycles. The van der Waals surface area contributed by atoms with Crippen LogP contribution in [0, 0.1) is 0 Å². The number of hydrogen-bond donors (Lipinski definition) is 1. The molecule has 1 aromatic rings. The van der Waals surface area contributed by atoms with Crippen molar-refractivity contribution in [2.24, 2.45) is 0 Å². The smallest absolute Gasteiger partial charge is 0.341 e. The molecule has 1 aromatic heterocycles. The highest BCUT2D eigenvalue weighted by Gasteiger charge is 2.26. The van der Waals surface area contributed by atoms with Crippen LogP contribution in [-0.2, 0) is 16.0 Å². The van der Waals surface area contributed by atoms with Gasteiger partial charge < -0.3 is 19.0 Å². The standard InChI is InChI=1S/C13H19NO5/c1-9-5-14(6-10(8-15)19-9)7-12-11(3-4-18-12)13(16)17-2/h3-4,9-10,15H,5-8H2,1-2H3. The summed E-state index contributed by atoms with van der Waals surface area (Å²) in [7, 11) is 1.34. The molecule has 1 saturated heterocycles. The molecule has 1 fully saturated rings. The van der Waals surface area contributed by atoms with E-state index in [2.05, 4.69) is 4.90 Å². The molecule has 106 valence electrons. The van der Waals surface area contributed by atoms with Gasteiger partial charge in [-0.05, 0) is 13.0 Å². The zero-order valence-electron chi connectivity index (χ0n) is 11.2. The van der Waals surface area contributed by atoms with E-state index < -0.39 is 5.97 Å². The Kier molecular flexibility index (Phi) is 4.57. The average Bonchev–Trinajstić information content (AvgIpc) is 2.85. The molecule has 0 aliphatic carbocycles. The Hall–Kier alpha value is -1.37. The quantitative estimate of drug-likeness (QED) is 0.809. The third-order valence-electron chi connectivity index (χ3n) is 3.12. The Labute approximate surface area is 111 Å². The van der Waals surface area contributed by atoms with E-state index >= 15 is 0 Å². The minimum atomic E-state index is -0.399. The minimum absolute atomic E-state index is 0.0111. The molecule has 0 radical (unpaired) electrons. The summed E-state index contributed by atoms with van der Waals surface area (Å²) >= 11 is 0. The van der Waals surface area contributed by atoms with Crippen LogP contribution < -0.4 is 0 Å². The Morgan fingerprint density at radius 2 is 2.37 bits per heavy atom. The molecule has 0 aromatic carbocycles. The van der Waals surface area contributed by atoms with Gasteiger partial charge in [0.1, 0.15) is 11.3 Å². The summed E-state index contributed by atoms with van der Waals surface area (Å²) in [6.45, 7) is 3.79. The van der Waals surface area contributed by atoms with E-state index in [1.807, 2.05) is 6.92 Å². The number of ether oxygens (including phenoxy) is 2. The zero-order chi connectivity index (χ0) is 13.8. The molecule has 1 N–H and O–H groups in total. The first kappa shape index (κ1) is 14.0. The number of methoxy groups -OCH3 is 1. The van der Waals surface area contributed by atoms with Crippen LogP contribution in [-0.4, -0.2) is 55.0 Å². The second-order valence-electron chi connectivity index (χ2n) is 4.69. The normalized spacial score (nSPS) is 24.4. The molecule has 2 rings (SSSR count). The van der Waals surface area contributed by atoms with Gasteiger partial charge in [-0.15, -0.1) is 0 Å². The first-order valence-corrected chi connectivity index (χ1v) is 6.27. The Morgan fingerprint density at radius 1 is 1.58 bits per heavy atom. The summed E-state index contributed by atoms with van der Waals surface area (Å²) in [5, 5.41) is 9.18. The van der Waals surface area contributed by atoms with E-state index in [0.29, 0.717) is 24.4 Å². The fraction of sp³-hybridized carbons (Fsp3) is 0.615. The third-order valence-corrected chi connectivity index (χ3v) is 3.12. The molecule has 1 aliphatic rings. The van der Waals surface area contributed by atoms with Crippen molar-refractivity contribution in [2.45, 2.75) is 25.7 Å². The molecule has 1 aliphatic heterocycles. The Bertz CT molecular complexity index is 430. The predicted molar refractivity (Wildman–Crippen MR) is 66.7 cm³/mol. The van der Waals surface area contributed by atoms with Gasteiger partial charge in [-0.2, -0.15) is 0 Å². The van der Waals surface area contributed by atoms with Gasteiger partial charge in [0.25, 0.3) is 0 Å². The largest absolute Gasteiger partial charge is 0.467 e. The topological polar surface area (TPSA) is 72.1 Å². The lowest BCUT2D eigenvalue weighted by Gasteiger charge is -2.35. The number of aliphatic hydroxyl groups excluding tert-OH is 1. The van der Waals surface area contributed by atoms with Gasteiger partial charge in [0.15, 0.2) is 0 Å². The van der Waals surface area contributed by atoms with Crippen LogP contribution in [0.25, 0.3) is 0 Å². The van der Waals surface area contributed by atoms with E-state index in [1.54, 1.807) is 6.07 Å². The van der Waals surface area contributed by atoms with Crippen LogP contribution in [0.15, 0.2) is 16.7 Å². The fourth-order valence-electron chi connectivity index (χ4n) is 2.33. The molecule has 6 heteroatoms. The number of aliphatic hydroxyl groups is 1. The molecular formula is C13H19NO5. The molecular weight excluding hydrogens is 250 g/mol. The van der Waals surface area contributed by atoms with E-state index in [-0.39, 0.29) is 18.8 Å². The highest BCUT2D eigenvalue weighted by Crippen LogP contribution is 2.18. The van der Waals surface area contributed by atoms with Crippen LogP contribution in [0.5, 0.6) is 0 Å². The number of furan rings is 1. The van der Waals surface area contributed by atoms with Crippen molar-refractivity contribution in [3.63, 3.8) is 0 Å². The highest BCUT2D eigenvalue weighted by atomic mass is 16.5. The zero-order valence-corrected chi connectivity index (χ0v) is 11.2. The van der Waals surface area contributed by atoms with Gasteiger partial charge >= 0.3 is 5.97 Å². The molecule has 0 saturated carbocycles. The number of morpholine rings is 1. The second kappa shape index (κ2) is 6.18. The maximum atomic E-state index is 11.6. The SMILES string of the molecule is COC(=O)c1ccoc1CN1CC(C)OC(CO)C1. The monoisotopic (exact) mass is 269 g/mol. The predicted octanol–water partition coefficient (Wildman–Crippen LogP) is 0.648. The van der Waals surface area contributed by atoms with Crippen LogP contribution in [0.4, 0.5) is 0 Å². The third kappa shape index (κ3) is 3.34. The first-order valence-electron chi connectivity index (χ1n) is 6.27. The maximum absolute atomic E-state index is 11.6. The number of rotatable bonds is 4. The van der Waals surface area contributed by atoms with Crippen molar-refractivity contribution in [1.82, 2.24) is 4.90 Å². The van der Waals surface area contributed by atoms with E-state index in [1.165, 1.54) is 13.4 Å². The number of carbonyl (C=O) groups is 1. The number of nitrogens with zero attached hydrogens (tertiary/aromatic N) is 1. The first-order chi connectivity index (χ1) is 9.13. The number of carbonyl (C=O) groups excluding carboxylic acids is 1. The molecule has 0 amide bonds. The van der Waals surface area contributed by atoms with Crippen molar-refractivity contribution in [1.29, 1.82) is 0 Å². The number of hydrogen-bond acceptors (Lipinski definition) is 6. The highest BCUT2D eigenvalue weighted by molar-refractivity contribution is 5.90. The molecule has 0 bridgehead atoms.